The Morgan fingerprint density at radius 2 is 1.73 bits per heavy atom. The van der Waals surface area contributed by atoms with Crippen molar-refractivity contribution in [1.82, 2.24) is 9.97 Å². The maximum absolute atomic E-state index is 12.6. The van der Waals surface area contributed by atoms with Crippen LogP contribution in [0.1, 0.15) is 55.9 Å². The molecule has 1 atom stereocenters. The number of hydrogen-bond acceptors (Lipinski definition) is 5. The zero-order chi connectivity index (χ0) is 21.9. The summed E-state index contributed by atoms with van der Waals surface area (Å²) in [6.45, 7) is 7.87. The number of nitrogens with zero attached hydrogens (tertiary/aromatic N) is 1. The van der Waals surface area contributed by atoms with E-state index in [0.29, 0.717) is 22.3 Å². The molecule has 30 heavy (non-hydrogen) atoms. The fourth-order valence-electron chi connectivity index (χ4n) is 3.15. The molecule has 0 amide bonds. The third kappa shape index (κ3) is 5.00. The number of benzene rings is 2. The number of fused-ring (bicyclic) bond motifs is 1. The summed E-state index contributed by atoms with van der Waals surface area (Å²) in [6, 6.07) is 14.4. The summed E-state index contributed by atoms with van der Waals surface area (Å²) in [6.07, 6.45) is -0.649. The summed E-state index contributed by atoms with van der Waals surface area (Å²) in [7, 11) is 0. The van der Waals surface area contributed by atoms with Gasteiger partial charge in [-0.1, -0.05) is 57.2 Å². The van der Waals surface area contributed by atoms with Gasteiger partial charge in [-0.15, -0.1) is 0 Å². The van der Waals surface area contributed by atoms with E-state index in [4.69, 9.17) is 4.74 Å². The number of H-pyrrole nitrogens is 1. The lowest BCUT2D eigenvalue weighted by Crippen LogP contribution is -2.25. The summed E-state index contributed by atoms with van der Waals surface area (Å²) in [5.74, 6) is -0.355. The maximum atomic E-state index is 12.6. The number of carbonyl (C=O) groups excluding carboxylic acids is 2. The van der Waals surface area contributed by atoms with Crippen molar-refractivity contribution < 1.29 is 14.3 Å². The average molecular weight is 406 g/mol. The zero-order valence-electron chi connectivity index (χ0n) is 17.7. The Bertz CT molecular complexity index is 1120. The van der Waals surface area contributed by atoms with Crippen molar-refractivity contribution in [3.05, 3.63) is 75.8 Å². The van der Waals surface area contributed by atoms with Crippen LogP contribution in [0.25, 0.3) is 10.9 Å². The first-order chi connectivity index (χ1) is 14.1. The van der Waals surface area contributed by atoms with E-state index in [-0.39, 0.29) is 29.6 Å². The highest BCUT2D eigenvalue weighted by atomic mass is 16.5. The fraction of sp³-hybridized carbons (Fsp3) is 0.333. The molecule has 1 heterocycles. The summed E-state index contributed by atoms with van der Waals surface area (Å²) >= 11 is 0. The molecule has 0 saturated heterocycles. The normalized spacial score (nSPS) is 12.5. The van der Waals surface area contributed by atoms with Gasteiger partial charge in [-0.05, 0) is 30.0 Å². The van der Waals surface area contributed by atoms with Crippen LogP contribution < -0.4 is 5.56 Å². The van der Waals surface area contributed by atoms with Gasteiger partial charge in [-0.3, -0.25) is 14.4 Å². The van der Waals surface area contributed by atoms with Crippen LogP contribution in [0.5, 0.6) is 0 Å². The van der Waals surface area contributed by atoms with Crippen LogP contribution in [0.15, 0.2) is 53.3 Å². The van der Waals surface area contributed by atoms with E-state index < -0.39 is 12.1 Å². The highest BCUT2D eigenvalue weighted by molar-refractivity contribution is 6.00. The zero-order valence-corrected chi connectivity index (χ0v) is 17.7. The van der Waals surface area contributed by atoms with E-state index in [0.717, 1.165) is 5.56 Å². The van der Waals surface area contributed by atoms with Gasteiger partial charge in [0.1, 0.15) is 5.82 Å². The molecule has 3 rings (SSSR count). The summed E-state index contributed by atoms with van der Waals surface area (Å²) in [4.78, 5) is 43.9. The summed E-state index contributed by atoms with van der Waals surface area (Å²) in [5.41, 5.74) is 1.96. The molecule has 3 aromatic rings. The monoisotopic (exact) mass is 406 g/mol. The Morgan fingerprint density at radius 1 is 1.07 bits per heavy atom. The van der Waals surface area contributed by atoms with Crippen LogP contribution in [0, 0.1) is 0 Å². The molecule has 156 valence electrons. The second-order valence-corrected chi connectivity index (χ2v) is 8.35. The van der Waals surface area contributed by atoms with Gasteiger partial charge in [0.15, 0.2) is 6.10 Å². The predicted octanol–water partition coefficient (Wildman–Crippen LogP) is 3.97. The molecule has 1 aromatic heterocycles. The van der Waals surface area contributed by atoms with Crippen LogP contribution in [0.2, 0.25) is 0 Å². The molecule has 0 aliphatic rings. The standard InChI is InChI=1S/C24H26N2O4/c1-15(22(28)16-9-11-17(12-10-16)24(2,3)4)30-21(27)14-13-20-25-19-8-6-5-7-18(19)23(29)26-20/h5-12,15H,13-14H2,1-4H3,(H,25,26,29)/t15-/m0/s1. The van der Waals surface area contributed by atoms with Crippen molar-refractivity contribution in [3.8, 4) is 0 Å². The first kappa shape index (κ1) is 21.4. The Hall–Kier alpha value is -3.28. The van der Waals surface area contributed by atoms with E-state index in [1.807, 2.05) is 12.1 Å². The molecule has 0 spiro atoms. The minimum Gasteiger partial charge on any atom is -0.454 e. The molecule has 6 nitrogen and oxygen atoms in total. The minimum absolute atomic E-state index is 0.00255. The largest absolute Gasteiger partial charge is 0.454 e. The Balaban J connectivity index is 1.59. The van der Waals surface area contributed by atoms with Crippen molar-refractivity contribution in [2.75, 3.05) is 0 Å². The number of para-hydroxylation sites is 1. The van der Waals surface area contributed by atoms with Gasteiger partial charge in [0.2, 0.25) is 5.78 Å². The molecule has 0 radical (unpaired) electrons. The lowest BCUT2D eigenvalue weighted by molar-refractivity contribution is -0.146. The number of esters is 1. The number of ether oxygens (including phenoxy) is 1. The number of aromatic amines is 1. The Kier molecular flexibility index (Phi) is 6.15. The number of carbonyl (C=O) groups is 2. The number of Topliss-reactive ketones (excluding diaryl/α,β-unsaturated/α-hetero) is 1. The molecule has 1 N–H and O–H groups in total. The van der Waals surface area contributed by atoms with Crippen molar-refractivity contribution in [2.24, 2.45) is 0 Å². The van der Waals surface area contributed by atoms with Gasteiger partial charge >= 0.3 is 5.97 Å². The van der Waals surface area contributed by atoms with Crippen LogP contribution in [-0.2, 0) is 21.4 Å². The SMILES string of the molecule is C[C@H](OC(=O)CCc1nc2ccccc2c(=O)[nH]1)C(=O)c1ccc(C(C)(C)C)cc1. The van der Waals surface area contributed by atoms with Gasteiger partial charge in [0, 0.05) is 12.0 Å². The van der Waals surface area contributed by atoms with Crippen molar-refractivity contribution in [3.63, 3.8) is 0 Å². The second kappa shape index (κ2) is 8.61. The first-order valence-corrected chi connectivity index (χ1v) is 9.97. The fourth-order valence-corrected chi connectivity index (χ4v) is 3.15. The van der Waals surface area contributed by atoms with Gasteiger partial charge in [-0.25, -0.2) is 4.98 Å². The molecule has 0 fully saturated rings. The van der Waals surface area contributed by atoms with Crippen molar-refractivity contribution in [1.29, 1.82) is 0 Å². The van der Waals surface area contributed by atoms with Crippen molar-refractivity contribution >= 4 is 22.7 Å². The van der Waals surface area contributed by atoms with Gasteiger partial charge in [0.05, 0.1) is 17.3 Å². The Labute approximate surface area is 175 Å². The number of hydrogen-bond donors (Lipinski definition) is 1. The highest BCUT2D eigenvalue weighted by Gasteiger charge is 2.21. The van der Waals surface area contributed by atoms with E-state index in [9.17, 15) is 14.4 Å². The second-order valence-electron chi connectivity index (χ2n) is 8.35. The van der Waals surface area contributed by atoms with E-state index in [2.05, 4.69) is 30.7 Å². The maximum Gasteiger partial charge on any atom is 0.306 e. The molecule has 6 heteroatoms. The van der Waals surface area contributed by atoms with Crippen LogP contribution in [-0.4, -0.2) is 27.8 Å². The highest BCUT2D eigenvalue weighted by Crippen LogP contribution is 2.22. The smallest absolute Gasteiger partial charge is 0.306 e. The summed E-state index contributed by atoms with van der Waals surface area (Å²) in [5, 5.41) is 0.500. The summed E-state index contributed by atoms with van der Waals surface area (Å²) < 4.78 is 5.30. The van der Waals surface area contributed by atoms with Gasteiger partial charge < -0.3 is 9.72 Å². The van der Waals surface area contributed by atoms with E-state index in [1.165, 1.54) is 0 Å². The predicted molar refractivity (Wildman–Crippen MR) is 116 cm³/mol. The number of aryl methyl sites for hydroxylation is 1. The number of rotatable bonds is 6. The van der Waals surface area contributed by atoms with E-state index in [1.54, 1.807) is 43.3 Å². The topological polar surface area (TPSA) is 89.1 Å². The first-order valence-electron chi connectivity index (χ1n) is 9.97. The van der Waals surface area contributed by atoms with Gasteiger partial charge in [0.25, 0.3) is 5.56 Å². The Morgan fingerprint density at radius 3 is 2.40 bits per heavy atom. The van der Waals surface area contributed by atoms with E-state index >= 15 is 0 Å². The third-order valence-corrected chi connectivity index (χ3v) is 4.94. The van der Waals surface area contributed by atoms with Crippen molar-refractivity contribution in [2.45, 2.75) is 52.1 Å². The number of nitrogens with one attached hydrogen (secondary N) is 1. The van der Waals surface area contributed by atoms with Crippen LogP contribution in [0.4, 0.5) is 0 Å². The third-order valence-electron chi connectivity index (χ3n) is 4.94. The molecule has 0 unspecified atom stereocenters. The molecular formula is C24H26N2O4. The molecule has 0 aliphatic heterocycles. The molecular weight excluding hydrogens is 380 g/mol. The number of aromatic nitrogens is 2. The minimum atomic E-state index is -0.887. The van der Waals surface area contributed by atoms with Crippen LogP contribution >= 0.6 is 0 Å². The lowest BCUT2D eigenvalue weighted by Gasteiger charge is -2.19. The quantitative estimate of drug-likeness (QED) is 0.494. The molecule has 0 aliphatic carbocycles. The average Bonchev–Trinajstić information content (AvgIpc) is 2.71. The van der Waals surface area contributed by atoms with Gasteiger partial charge in [-0.2, -0.15) is 0 Å². The molecule has 0 saturated carbocycles. The molecule has 2 aromatic carbocycles. The molecule has 0 bridgehead atoms. The van der Waals surface area contributed by atoms with Crippen LogP contribution in [0.3, 0.4) is 0 Å². The lowest BCUT2D eigenvalue weighted by atomic mass is 9.86. The number of ketones is 1.